The van der Waals surface area contributed by atoms with Crippen molar-refractivity contribution in [2.45, 2.75) is 19.9 Å². The summed E-state index contributed by atoms with van der Waals surface area (Å²) >= 11 is 0. The van der Waals surface area contributed by atoms with Crippen LogP contribution in [0.1, 0.15) is 34.8 Å². The van der Waals surface area contributed by atoms with Crippen LogP contribution in [0.3, 0.4) is 0 Å². The van der Waals surface area contributed by atoms with Crippen LogP contribution in [0.15, 0.2) is 53.1 Å². The van der Waals surface area contributed by atoms with Crippen LogP contribution in [0.4, 0.5) is 0 Å². The topological polar surface area (TPSA) is 77.2 Å². The summed E-state index contributed by atoms with van der Waals surface area (Å²) in [5.41, 5.74) is 2.47. The summed E-state index contributed by atoms with van der Waals surface area (Å²) in [4.78, 5) is 16.8. The second-order valence-electron chi connectivity index (χ2n) is 5.70. The molecule has 6 heteroatoms. The highest BCUT2D eigenvalue weighted by Gasteiger charge is 2.19. The fourth-order valence-corrected chi connectivity index (χ4v) is 2.45. The van der Waals surface area contributed by atoms with Crippen molar-refractivity contribution in [3.8, 4) is 17.1 Å². The van der Waals surface area contributed by atoms with E-state index in [4.69, 9.17) is 9.26 Å². The highest BCUT2D eigenvalue weighted by molar-refractivity contribution is 5.94. The number of aryl methyl sites for hydroxylation is 1. The van der Waals surface area contributed by atoms with Gasteiger partial charge in [0.25, 0.3) is 5.91 Å². The third-order valence-electron chi connectivity index (χ3n) is 3.88. The Kier molecular flexibility index (Phi) is 4.79. The molecule has 0 spiro atoms. The Hall–Kier alpha value is -3.15. The third-order valence-corrected chi connectivity index (χ3v) is 3.88. The van der Waals surface area contributed by atoms with Crippen LogP contribution in [0, 0.1) is 6.92 Å². The van der Waals surface area contributed by atoms with Crippen molar-refractivity contribution in [2.75, 3.05) is 7.11 Å². The Morgan fingerprint density at radius 2 is 2.00 bits per heavy atom. The lowest BCUT2D eigenvalue weighted by atomic mass is 10.1. The molecule has 3 aromatic rings. The molecule has 1 N–H and O–H groups in total. The maximum atomic E-state index is 12.4. The summed E-state index contributed by atoms with van der Waals surface area (Å²) in [7, 11) is 1.56. The number of rotatable bonds is 5. The first kappa shape index (κ1) is 16.7. The minimum Gasteiger partial charge on any atom is -0.497 e. The number of methoxy groups -OCH3 is 1. The second kappa shape index (κ2) is 7.17. The number of carbonyl (C=O) groups is 1. The van der Waals surface area contributed by atoms with Gasteiger partial charge in [-0.05, 0) is 37.6 Å². The van der Waals surface area contributed by atoms with Gasteiger partial charge >= 0.3 is 0 Å². The van der Waals surface area contributed by atoms with Crippen molar-refractivity contribution in [2.24, 2.45) is 0 Å². The molecule has 0 fully saturated rings. The molecule has 0 bridgehead atoms. The van der Waals surface area contributed by atoms with Gasteiger partial charge < -0.3 is 14.6 Å². The number of carbonyl (C=O) groups excluding carboxylic acids is 1. The van der Waals surface area contributed by atoms with E-state index in [2.05, 4.69) is 15.5 Å². The van der Waals surface area contributed by atoms with Crippen molar-refractivity contribution in [3.05, 3.63) is 65.5 Å². The number of nitrogens with one attached hydrogen (secondary N) is 1. The molecule has 128 valence electrons. The number of aromatic nitrogens is 2. The van der Waals surface area contributed by atoms with Gasteiger partial charge in [0.05, 0.1) is 7.11 Å². The second-order valence-corrected chi connectivity index (χ2v) is 5.70. The lowest BCUT2D eigenvalue weighted by Crippen LogP contribution is -2.26. The minimum atomic E-state index is -0.413. The van der Waals surface area contributed by atoms with Gasteiger partial charge in [0.15, 0.2) is 0 Å². The van der Waals surface area contributed by atoms with Gasteiger partial charge in [-0.15, -0.1) is 0 Å². The zero-order valence-corrected chi connectivity index (χ0v) is 14.3. The van der Waals surface area contributed by atoms with Gasteiger partial charge in [0.2, 0.25) is 11.7 Å². The van der Waals surface area contributed by atoms with Crippen LogP contribution < -0.4 is 10.1 Å². The molecule has 0 saturated carbocycles. The van der Waals surface area contributed by atoms with Crippen molar-refractivity contribution in [1.82, 2.24) is 15.5 Å². The van der Waals surface area contributed by atoms with E-state index in [9.17, 15) is 4.79 Å². The smallest absolute Gasteiger partial charge is 0.252 e. The number of ether oxygens (including phenoxy) is 1. The lowest BCUT2D eigenvalue weighted by molar-refractivity contribution is 0.0932. The molecule has 0 saturated heterocycles. The molecule has 0 aliphatic heterocycles. The molecule has 6 nitrogen and oxygen atoms in total. The fourth-order valence-electron chi connectivity index (χ4n) is 2.45. The summed E-state index contributed by atoms with van der Waals surface area (Å²) in [6, 6.07) is 14.3. The summed E-state index contributed by atoms with van der Waals surface area (Å²) < 4.78 is 10.5. The molecule has 1 amide bonds. The first-order valence-electron chi connectivity index (χ1n) is 7.93. The SMILES string of the molecule is COc1cccc(C(=O)N[C@H](C)c2nc(-c3ccccc3C)no2)c1. The molecule has 1 aromatic heterocycles. The van der Waals surface area contributed by atoms with Crippen molar-refractivity contribution in [1.29, 1.82) is 0 Å². The third kappa shape index (κ3) is 3.68. The molecule has 25 heavy (non-hydrogen) atoms. The first-order chi connectivity index (χ1) is 12.1. The number of hydrogen-bond acceptors (Lipinski definition) is 5. The van der Waals surface area contributed by atoms with Gasteiger partial charge in [0.1, 0.15) is 11.8 Å². The zero-order chi connectivity index (χ0) is 17.8. The summed E-state index contributed by atoms with van der Waals surface area (Å²) in [6.07, 6.45) is 0. The quantitative estimate of drug-likeness (QED) is 0.770. The summed E-state index contributed by atoms with van der Waals surface area (Å²) in [5.74, 6) is 1.26. The van der Waals surface area contributed by atoms with Crippen LogP contribution in [0.2, 0.25) is 0 Å². The number of nitrogens with zero attached hydrogens (tertiary/aromatic N) is 2. The molecule has 0 aliphatic rings. The number of hydrogen-bond donors (Lipinski definition) is 1. The summed E-state index contributed by atoms with van der Waals surface area (Å²) in [6.45, 7) is 3.78. The highest BCUT2D eigenvalue weighted by Crippen LogP contribution is 2.22. The van der Waals surface area contributed by atoms with E-state index in [1.54, 1.807) is 38.3 Å². The van der Waals surface area contributed by atoms with Crippen molar-refractivity contribution in [3.63, 3.8) is 0 Å². The Morgan fingerprint density at radius 1 is 1.20 bits per heavy atom. The fraction of sp³-hybridized carbons (Fsp3) is 0.211. The molecule has 1 atom stereocenters. The van der Waals surface area contributed by atoms with E-state index in [1.165, 1.54) is 0 Å². The standard InChI is InChI=1S/C19H19N3O3/c1-12-7-4-5-10-16(12)17-21-19(25-22-17)13(2)20-18(23)14-8-6-9-15(11-14)24-3/h4-11,13H,1-3H3,(H,20,23)/t13-/m1/s1. The van der Waals surface area contributed by atoms with Crippen molar-refractivity contribution >= 4 is 5.91 Å². The lowest BCUT2D eigenvalue weighted by Gasteiger charge is -2.10. The average Bonchev–Trinajstić information content (AvgIpc) is 3.12. The van der Waals surface area contributed by atoms with E-state index >= 15 is 0 Å². The molecular formula is C19H19N3O3. The van der Waals surface area contributed by atoms with Crippen LogP contribution >= 0.6 is 0 Å². The van der Waals surface area contributed by atoms with E-state index < -0.39 is 6.04 Å². The maximum Gasteiger partial charge on any atom is 0.252 e. The predicted octanol–water partition coefficient (Wildman–Crippen LogP) is 3.54. The molecule has 0 aliphatic carbocycles. The monoisotopic (exact) mass is 337 g/mol. The van der Waals surface area contributed by atoms with E-state index in [0.29, 0.717) is 23.0 Å². The molecule has 1 heterocycles. The van der Waals surface area contributed by atoms with Gasteiger partial charge in [-0.1, -0.05) is 35.5 Å². The van der Waals surface area contributed by atoms with Gasteiger partial charge in [-0.3, -0.25) is 4.79 Å². The summed E-state index contributed by atoms with van der Waals surface area (Å²) in [5, 5.41) is 6.87. The molecule has 3 rings (SSSR count). The first-order valence-corrected chi connectivity index (χ1v) is 7.93. The minimum absolute atomic E-state index is 0.234. The Morgan fingerprint density at radius 3 is 2.76 bits per heavy atom. The largest absolute Gasteiger partial charge is 0.497 e. The molecular weight excluding hydrogens is 318 g/mol. The molecule has 0 radical (unpaired) electrons. The van der Waals surface area contributed by atoms with Gasteiger partial charge in [-0.25, -0.2) is 0 Å². The van der Waals surface area contributed by atoms with E-state index in [0.717, 1.165) is 11.1 Å². The molecule has 0 unspecified atom stereocenters. The molecule has 2 aromatic carbocycles. The van der Waals surface area contributed by atoms with Crippen LogP contribution in [0.25, 0.3) is 11.4 Å². The van der Waals surface area contributed by atoms with Crippen LogP contribution in [-0.4, -0.2) is 23.2 Å². The van der Waals surface area contributed by atoms with Gasteiger partial charge in [-0.2, -0.15) is 4.98 Å². The van der Waals surface area contributed by atoms with E-state index in [-0.39, 0.29) is 5.91 Å². The Balaban J connectivity index is 1.74. The van der Waals surface area contributed by atoms with E-state index in [1.807, 2.05) is 31.2 Å². The maximum absolute atomic E-state index is 12.4. The van der Waals surface area contributed by atoms with Crippen LogP contribution in [0.5, 0.6) is 5.75 Å². The predicted molar refractivity (Wildman–Crippen MR) is 93.3 cm³/mol. The van der Waals surface area contributed by atoms with Crippen molar-refractivity contribution < 1.29 is 14.1 Å². The Bertz CT molecular complexity index is 889. The van der Waals surface area contributed by atoms with Crippen LogP contribution in [-0.2, 0) is 0 Å². The highest BCUT2D eigenvalue weighted by atomic mass is 16.5. The normalized spacial score (nSPS) is 11.8. The number of benzene rings is 2. The van der Waals surface area contributed by atoms with Gasteiger partial charge in [0, 0.05) is 11.1 Å². The number of amides is 1. The Labute approximate surface area is 145 Å². The zero-order valence-electron chi connectivity index (χ0n) is 14.3. The average molecular weight is 337 g/mol.